The quantitative estimate of drug-likeness (QED) is 0.763. The van der Waals surface area contributed by atoms with Crippen LogP contribution in [0.2, 0.25) is 0 Å². The van der Waals surface area contributed by atoms with Crippen LogP contribution in [0.25, 0.3) is 5.65 Å². The van der Waals surface area contributed by atoms with Gasteiger partial charge >= 0.3 is 0 Å². The van der Waals surface area contributed by atoms with Crippen LogP contribution in [0.3, 0.4) is 0 Å². The summed E-state index contributed by atoms with van der Waals surface area (Å²) in [5.74, 6) is 0.783. The molecular weight excluding hydrogens is 232 g/mol. The number of aliphatic hydroxyl groups excluding tert-OH is 1. The Morgan fingerprint density at radius 1 is 1.39 bits per heavy atom. The van der Waals surface area contributed by atoms with Crippen LogP contribution in [0.1, 0.15) is 18.7 Å². The number of hydrogen-bond donors (Lipinski definition) is 2. The highest BCUT2D eigenvalue weighted by molar-refractivity contribution is 5.75. The van der Waals surface area contributed by atoms with Crippen LogP contribution in [0.15, 0.2) is 24.4 Å². The van der Waals surface area contributed by atoms with Crippen molar-refractivity contribution in [2.24, 2.45) is 0 Å². The fraction of sp³-hybridized carbons (Fsp3) is 0.417. The first kappa shape index (κ1) is 12.5. The number of carbonyl (C=O) groups excluding carboxylic acids is 1. The maximum atomic E-state index is 11.3. The number of amides is 1. The molecule has 0 bridgehead atoms. The molecule has 2 heterocycles. The summed E-state index contributed by atoms with van der Waals surface area (Å²) in [4.78, 5) is 11.3. The molecule has 18 heavy (non-hydrogen) atoms. The summed E-state index contributed by atoms with van der Waals surface area (Å²) < 4.78 is 1.90. The molecule has 2 rings (SSSR count). The molecule has 0 spiro atoms. The Labute approximate surface area is 105 Å². The molecule has 2 N–H and O–H groups in total. The van der Waals surface area contributed by atoms with Gasteiger partial charge in [-0.25, -0.2) is 0 Å². The molecule has 0 unspecified atom stereocenters. The number of nitrogens with one attached hydrogen (secondary N) is 1. The van der Waals surface area contributed by atoms with Crippen molar-refractivity contribution in [1.29, 1.82) is 0 Å². The van der Waals surface area contributed by atoms with Crippen molar-refractivity contribution in [3.63, 3.8) is 0 Å². The average Bonchev–Trinajstić information content (AvgIpc) is 2.80. The van der Waals surface area contributed by atoms with Gasteiger partial charge in [0, 0.05) is 32.2 Å². The molecular formula is C12H16N4O2. The van der Waals surface area contributed by atoms with Crippen molar-refractivity contribution in [2.45, 2.75) is 19.3 Å². The Hall–Kier alpha value is -1.95. The summed E-state index contributed by atoms with van der Waals surface area (Å²) in [7, 11) is 0. The van der Waals surface area contributed by atoms with Gasteiger partial charge in [0.05, 0.1) is 0 Å². The van der Waals surface area contributed by atoms with E-state index in [2.05, 4.69) is 15.5 Å². The van der Waals surface area contributed by atoms with E-state index in [1.165, 1.54) is 0 Å². The van der Waals surface area contributed by atoms with E-state index in [0.717, 1.165) is 11.5 Å². The molecule has 0 fully saturated rings. The van der Waals surface area contributed by atoms with E-state index >= 15 is 0 Å². The van der Waals surface area contributed by atoms with Gasteiger partial charge < -0.3 is 10.4 Å². The van der Waals surface area contributed by atoms with E-state index in [-0.39, 0.29) is 12.5 Å². The third-order valence-electron chi connectivity index (χ3n) is 2.62. The highest BCUT2D eigenvalue weighted by Crippen LogP contribution is 2.02. The summed E-state index contributed by atoms with van der Waals surface area (Å²) in [6.45, 7) is 0.572. The Morgan fingerprint density at radius 2 is 2.28 bits per heavy atom. The van der Waals surface area contributed by atoms with Gasteiger partial charge in [0.2, 0.25) is 5.91 Å². The zero-order valence-corrected chi connectivity index (χ0v) is 10.0. The lowest BCUT2D eigenvalue weighted by Crippen LogP contribution is -2.26. The maximum Gasteiger partial charge on any atom is 0.220 e. The summed E-state index contributed by atoms with van der Waals surface area (Å²) in [6.07, 6.45) is 3.39. The molecule has 0 atom stereocenters. The van der Waals surface area contributed by atoms with Crippen LogP contribution in [-0.2, 0) is 11.2 Å². The average molecular weight is 248 g/mol. The third-order valence-corrected chi connectivity index (χ3v) is 2.62. The number of pyridine rings is 1. The number of aliphatic hydroxyl groups is 1. The molecule has 0 saturated heterocycles. The van der Waals surface area contributed by atoms with Crippen molar-refractivity contribution in [2.75, 3.05) is 13.2 Å². The van der Waals surface area contributed by atoms with Crippen LogP contribution in [0.4, 0.5) is 0 Å². The summed E-state index contributed by atoms with van der Waals surface area (Å²) >= 11 is 0. The number of fused-ring (bicyclic) bond motifs is 1. The van der Waals surface area contributed by atoms with Crippen LogP contribution in [0, 0.1) is 0 Å². The lowest BCUT2D eigenvalue weighted by atomic mass is 10.3. The molecule has 0 aliphatic rings. The monoisotopic (exact) mass is 248 g/mol. The standard InChI is InChI=1S/C12H16N4O2/c17-9-3-5-12(18)13-7-6-11-15-14-10-4-1-2-8-16(10)11/h1-2,4,8,17H,3,5-7,9H2,(H,13,18). The number of carbonyl (C=O) groups is 1. The number of hydrogen-bond acceptors (Lipinski definition) is 4. The van der Waals surface area contributed by atoms with Gasteiger partial charge in [-0.2, -0.15) is 0 Å². The van der Waals surface area contributed by atoms with Crippen molar-refractivity contribution < 1.29 is 9.90 Å². The van der Waals surface area contributed by atoms with Gasteiger partial charge in [0.25, 0.3) is 0 Å². The number of nitrogens with zero attached hydrogens (tertiary/aromatic N) is 3. The first-order valence-corrected chi connectivity index (χ1v) is 5.97. The van der Waals surface area contributed by atoms with Gasteiger partial charge in [-0.15, -0.1) is 10.2 Å². The van der Waals surface area contributed by atoms with Crippen molar-refractivity contribution in [1.82, 2.24) is 19.9 Å². The molecule has 2 aromatic heterocycles. The van der Waals surface area contributed by atoms with Gasteiger partial charge in [-0.1, -0.05) is 6.07 Å². The minimum atomic E-state index is -0.0436. The highest BCUT2D eigenvalue weighted by Gasteiger charge is 2.05. The molecule has 0 aliphatic heterocycles. The molecule has 0 aromatic carbocycles. The predicted molar refractivity (Wildman–Crippen MR) is 66.0 cm³/mol. The highest BCUT2D eigenvalue weighted by atomic mass is 16.3. The van der Waals surface area contributed by atoms with Crippen LogP contribution in [-0.4, -0.2) is 38.8 Å². The minimum absolute atomic E-state index is 0.0436. The van der Waals surface area contributed by atoms with Crippen LogP contribution >= 0.6 is 0 Å². The van der Waals surface area contributed by atoms with E-state index in [1.807, 2.05) is 28.8 Å². The normalized spacial score (nSPS) is 10.7. The fourth-order valence-corrected chi connectivity index (χ4v) is 1.70. The molecule has 0 saturated carbocycles. The number of rotatable bonds is 6. The van der Waals surface area contributed by atoms with Crippen LogP contribution < -0.4 is 5.32 Å². The molecule has 0 radical (unpaired) electrons. The van der Waals surface area contributed by atoms with E-state index in [9.17, 15) is 4.79 Å². The lowest BCUT2D eigenvalue weighted by Gasteiger charge is -2.03. The Balaban J connectivity index is 1.85. The molecule has 6 heteroatoms. The second kappa shape index (κ2) is 6.11. The summed E-state index contributed by atoms with van der Waals surface area (Å²) in [5.41, 5.74) is 0.805. The summed E-state index contributed by atoms with van der Waals surface area (Å²) in [6, 6.07) is 5.71. The van der Waals surface area contributed by atoms with E-state index in [4.69, 9.17) is 5.11 Å². The Kier molecular flexibility index (Phi) is 4.25. The maximum absolute atomic E-state index is 11.3. The first-order chi connectivity index (χ1) is 8.81. The molecule has 6 nitrogen and oxygen atoms in total. The molecule has 0 aliphatic carbocycles. The summed E-state index contributed by atoms with van der Waals surface area (Å²) in [5, 5.41) is 19.5. The minimum Gasteiger partial charge on any atom is -0.396 e. The fourth-order valence-electron chi connectivity index (χ4n) is 1.70. The van der Waals surface area contributed by atoms with Crippen molar-refractivity contribution >= 4 is 11.6 Å². The Bertz CT molecular complexity index is 524. The van der Waals surface area contributed by atoms with Crippen molar-refractivity contribution in [3.05, 3.63) is 30.2 Å². The first-order valence-electron chi connectivity index (χ1n) is 5.97. The predicted octanol–water partition coefficient (Wildman–Crippen LogP) is 0.160. The van der Waals surface area contributed by atoms with Crippen LogP contribution in [0.5, 0.6) is 0 Å². The van der Waals surface area contributed by atoms with E-state index in [0.29, 0.717) is 25.8 Å². The van der Waals surface area contributed by atoms with E-state index in [1.54, 1.807) is 0 Å². The van der Waals surface area contributed by atoms with Gasteiger partial charge in [0.15, 0.2) is 5.65 Å². The molecule has 1 amide bonds. The number of aromatic nitrogens is 3. The van der Waals surface area contributed by atoms with Gasteiger partial charge in [-0.05, 0) is 18.6 Å². The largest absolute Gasteiger partial charge is 0.396 e. The topological polar surface area (TPSA) is 79.5 Å². The Morgan fingerprint density at radius 3 is 3.11 bits per heavy atom. The second-order valence-electron chi connectivity index (χ2n) is 3.97. The van der Waals surface area contributed by atoms with Crippen molar-refractivity contribution in [3.8, 4) is 0 Å². The zero-order valence-electron chi connectivity index (χ0n) is 10.0. The lowest BCUT2D eigenvalue weighted by molar-refractivity contribution is -0.121. The second-order valence-corrected chi connectivity index (χ2v) is 3.97. The zero-order chi connectivity index (χ0) is 12.8. The van der Waals surface area contributed by atoms with Gasteiger partial charge in [-0.3, -0.25) is 9.20 Å². The van der Waals surface area contributed by atoms with E-state index < -0.39 is 0 Å². The molecule has 2 aromatic rings. The molecule has 96 valence electrons. The van der Waals surface area contributed by atoms with Gasteiger partial charge in [0.1, 0.15) is 5.82 Å². The smallest absolute Gasteiger partial charge is 0.220 e. The third kappa shape index (κ3) is 3.04. The SMILES string of the molecule is O=C(CCCO)NCCc1nnc2ccccn12.